The normalized spacial score (nSPS) is 13.9. The van der Waals surface area contributed by atoms with Crippen LogP contribution in [0.4, 0.5) is 0 Å². The SMILES string of the molecule is CC(O)CS(=O)(=O)Cc1ccccc1. The predicted octanol–water partition coefficient (Wildman–Crippen LogP) is 0.982. The molecule has 0 spiro atoms. The van der Waals surface area contributed by atoms with E-state index in [9.17, 15) is 8.42 Å². The van der Waals surface area contributed by atoms with E-state index in [-0.39, 0.29) is 11.5 Å². The predicted molar refractivity (Wildman–Crippen MR) is 55.6 cm³/mol. The minimum absolute atomic E-state index is 0.00125. The van der Waals surface area contributed by atoms with Crippen molar-refractivity contribution in [3.63, 3.8) is 0 Å². The Morgan fingerprint density at radius 3 is 2.36 bits per heavy atom. The van der Waals surface area contributed by atoms with E-state index >= 15 is 0 Å². The van der Waals surface area contributed by atoms with Gasteiger partial charge in [0.15, 0.2) is 9.84 Å². The maximum Gasteiger partial charge on any atom is 0.156 e. The van der Waals surface area contributed by atoms with Gasteiger partial charge in [-0.05, 0) is 12.5 Å². The molecule has 0 aliphatic carbocycles. The molecule has 1 aromatic carbocycles. The second kappa shape index (κ2) is 4.57. The molecule has 0 aromatic heterocycles. The zero-order valence-corrected chi connectivity index (χ0v) is 8.87. The molecular weight excluding hydrogens is 200 g/mol. The molecule has 0 fully saturated rings. The standard InChI is InChI=1S/C10H14O3S/c1-9(11)7-14(12,13)8-10-5-3-2-4-6-10/h2-6,9,11H,7-8H2,1H3. The molecule has 0 saturated carbocycles. The summed E-state index contributed by atoms with van der Waals surface area (Å²) in [6.45, 7) is 1.47. The van der Waals surface area contributed by atoms with Crippen molar-refractivity contribution >= 4 is 9.84 Å². The van der Waals surface area contributed by atoms with E-state index in [1.165, 1.54) is 6.92 Å². The Bertz CT molecular complexity index is 368. The number of benzene rings is 1. The maximum atomic E-state index is 11.5. The van der Waals surface area contributed by atoms with Crippen LogP contribution in [0.3, 0.4) is 0 Å². The molecule has 0 radical (unpaired) electrons. The fraction of sp³-hybridized carbons (Fsp3) is 0.400. The summed E-state index contributed by atoms with van der Waals surface area (Å²) in [5.41, 5.74) is 0.758. The van der Waals surface area contributed by atoms with Crippen LogP contribution in [-0.2, 0) is 15.6 Å². The molecule has 1 N–H and O–H groups in total. The Labute approximate surface area is 84.3 Å². The minimum Gasteiger partial charge on any atom is -0.392 e. The first-order chi connectivity index (χ1) is 6.49. The van der Waals surface area contributed by atoms with Gasteiger partial charge in [0.25, 0.3) is 0 Å². The van der Waals surface area contributed by atoms with Gasteiger partial charge >= 0.3 is 0 Å². The van der Waals surface area contributed by atoms with Crippen LogP contribution in [0.5, 0.6) is 0 Å². The Kier molecular flexibility index (Phi) is 3.66. The average Bonchev–Trinajstić information content (AvgIpc) is 2.02. The largest absolute Gasteiger partial charge is 0.392 e. The summed E-state index contributed by atoms with van der Waals surface area (Å²) in [6.07, 6.45) is -0.802. The van der Waals surface area contributed by atoms with Crippen LogP contribution >= 0.6 is 0 Å². The number of sulfone groups is 1. The lowest BCUT2D eigenvalue weighted by Crippen LogP contribution is -2.19. The first-order valence-electron chi connectivity index (χ1n) is 4.42. The third-order valence-electron chi connectivity index (χ3n) is 1.72. The van der Waals surface area contributed by atoms with Crippen LogP contribution in [0, 0.1) is 0 Å². The van der Waals surface area contributed by atoms with Crippen LogP contribution in [0.1, 0.15) is 12.5 Å². The molecule has 0 aliphatic heterocycles. The van der Waals surface area contributed by atoms with Gasteiger partial charge in [-0.25, -0.2) is 8.42 Å². The quantitative estimate of drug-likeness (QED) is 0.813. The van der Waals surface area contributed by atoms with Crippen molar-refractivity contribution in [2.24, 2.45) is 0 Å². The molecule has 1 atom stereocenters. The molecule has 0 bridgehead atoms. The van der Waals surface area contributed by atoms with Gasteiger partial charge in [0.1, 0.15) is 0 Å². The molecule has 1 rings (SSSR count). The molecule has 0 aliphatic rings. The van der Waals surface area contributed by atoms with Crippen LogP contribution in [0.15, 0.2) is 30.3 Å². The summed E-state index contributed by atoms with van der Waals surface area (Å²) in [7, 11) is -3.18. The van der Waals surface area contributed by atoms with Gasteiger partial charge in [-0.2, -0.15) is 0 Å². The van der Waals surface area contributed by atoms with E-state index in [2.05, 4.69) is 0 Å². The van der Waals surface area contributed by atoms with Gasteiger partial charge in [0.2, 0.25) is 0 Å². The monoisotopic (exact) mass is 214 g/mol. The fourth-order valence-electron chi connectivity index (χ4n) is 1.25. The molecule has 78 valence electrons. The van der Waals surface area contributed by atoms with Crippen molar-refractivity contribution < 1.29 is 13.5 Å². The summed E-state index contributed by atoms with van der Waals surface area (Å²) in [4.78, 5) is 0. The molecule has 3 nitrogen and oxygen atoms in total. The maximum absolute atomic E-state index is 11.5. The van der Waals surface area contributed by atoms with E-state index < -0.39 is 15.9 Å². The Hall–Kier alpha value is -0.870. The van der Waals surface area contributed by atoms with Crippen LogP contribution < -0.4 is 0 Å². The zero-order chi connectivity index (χ0) is 10.6. The molecule has 1 unspecified atom stereocenters. The lowest BCUT2D eigenvalue weighted by Gasteiger charge is -2.05. The summed E-state index contributed by atoms with van der Waals surface area (Å²) < 4.78 is 22.9. The van der Waals surface area contributed by atoms with Gasteiger partial charge in [0, 0.05) is 0 Å². The first-order valence-corrected chi connectivity index (χ1v) is 6.24. The van der Waals surface area contributed by atoms with E-state index in [1.54, 1.807) is 24.3 Å². The lowest BCUT2D eigenvalue weighted by atomic mass is 10.2. The summed E-state index contributed by atoms with van der Waals surface area (Å²) in [5, 5.41) is 8.99. The van der Waals surface area contributed by atoms with Gasteiger partial charge in [0.05, 0.1) is 17.6 Å². The smallest absolute Gasteiger partial charge is 0.156 e. The van der Waals surface area contributed by atoms with Crippen molar-refractivity contribution in [1.82, 2.24) is 0 Å². The second-order valence-corrected chi connectivity index (χ2v) is 5.50. The van der Waals surface area contributed by atoms with Crippen molar-refractivity contribution in [2.45, 2.75) is 18.8 Å². The molecule has 0 heterocycles. The van der Waals surface area contributed by atoms with Crippen LogP contribution in [0.25, 0.3) is 0 Å². The van der Waals surface area contributed by atoms with Crippen molar-refractivity contribution in [3.8, 4) is 0 Å². The van der Waals surface area contributed by atoms with E-state index in [1.807, 2.05) is 6.07 Å². The topological polar surface area (TPSA) is 54.4 Å². The highest BCUT2D eigenvalue weighted by Crippen LogP contribution is 2.06. The van der Waals surface area contributed by atoms with E-state index in [4.69, 9.17) is 5.11 Å². The van der Waals surface area contributed by atoms with Crippen molar-refractivity contribution in [2.75, 3.05) is 5.75 Å². The average molecular weight is 214 g/mol. The molecular formula is C10H14O3S. The highest BCUT2D eigenvalue weighted by atomic mass is 32.2. The van der Waals surface area contributed by atoms with E-state index in [0.717, 1.165) is 5.56 Å². The second-order valence-electron chi connectivity index (χ2n) is 3.39. The fourth-order valence-corrected chi connectivity index (χ4v) is 2.81. The van der Waals surface area contributed by atoms with Crippen molar-refractivity contribution in [1.29, 1.82) is 0 Å². The van der Waals surface area contributed by atoms with Gasteiger partial charge in [-0.3, -0.25) is 0 Å². The molecule has 0 saturated heterocycles. The lowest BCUT2D eigenvalue weighted by molar-refractivity contribution is 0.218. The number of hydrogen-bond acceptors (Lipinski definition) is 3. The highest BCUT2D eigenvalue weighted by molar-refractivity contribution is 7.90. The van der Waals surface area contributed by atoms with Gasteiger partial charge < -0.3 is 5.11 Å². The van der Waals surface area contributed by atoms with Crippen LogP contribution in [0.2, 0.25) is 0 Å². The number of aliphatic hydroxyl groups is 1. The zero-order valence-electron chi connectivity index (χ0n) is 8.05. The third kappa shape index (κ3) is 3.89. The molecule has 1 aromatic rings. The first kappa shape index (κ1) is 11.2. The molecule has 4 heteroatoms. The summed E-state index contributed by atoms with van der Waals surface area (Å²) in [6, 6.07) is 8.96. The van der Waals surface area contributed by atoms with Crippen LogP contribution in [-0.4, -0.2) is 25.4 Å². The molecule has 0 amide bonds. The summed E-state index contributed by atoms with van der Waals surface area (Å²) in [5.74, 6) is -0.180. The summed E-state index contributed by atoms with van der Waals surface area (Å²) >= 11 is 0. The minimum atomic E-state index is -3.18. The van der Waals surface area contributed by atoms with E-state index in [0.29, 0.717) is 0 Å². The van der Waals surface area contributed by atoms with Gasteiger partial charge in [-0.15, -0.1) is 0 Å². The Balaban J connectivity index is 2.70. The number of rotatable bonds is 4. The molecule has 14 heavy (non-hydrogen) atoms. The Morgan fingerprint density at radius 1 is 1.29 bits per heavy atom. The number of hydrogen-bond donors (Lipinski definition) is 1. The van der Waals surface area contributed by atoms with Crippen molar-refractivity contribution in [3.05, 3.63) is 35.9 Å². The third-order valence-corrected chi connectivity index (χ3v) is 3.49. The highest BCUT2D eigenvalue weighted by Gasteiger charge is 2.14. The number of aliphatic hydroxyl groups excluding tert-OH is 1. The Morgan fingerprint density at radius 2 is 1.86 bits per heavy atom. The van der Waals surface area contributed by atoms with Gasteiger partial charge in [-0.1, -0.05) is 30.3 Å².